The van der Waals surface area contributed by atoms with Gasteiger partial charge in [-0.3, -0.25) is 4.79 Å². The Labute approximate surface area is 193 Å². The second-order valence-electron chi connectivity index (χ2n) is 7.72. The Morgan fingerprint density at radius 1 is 1.23 bits per heavy atom. The first-order chi connectivity index (χ1) is 14.4. The van der Waals surface area contributed by atoms with Gasteiger partial charge in [-0.15, -0.1) is 0 Å². The standard InChI is InChI=1S/C20H19BrClN3O5S/c1-11-7-13-17(14(21)8-11)23-10-24(18(13)26)25(19(27)30-20(2,3)4)15-9-12(22)5-6-16(15)31(28)29/h5-10,31H,1-4H3. The molecule has 0 saturated carbocycles. The maximum Gasteiger partial charge on any atom is 0.434 e. The molecule has 3 aromatic rings. The van der Waals surface area contributed by atoms with Gasteiger partial charge in [0.25, 0.3) is 5.56 Å². The van der Waals surface area contributed by atoms with E-state index in [2.05, 4.69) is 20.9 Å². The van der Waals surface area contributed by atoms with Crippen LogP contribution in [0.15, 0.2) is 50.8 Å². The molecule has 1 aromatic heterocycles. The van der Waals surface area contributed by atoms with Crippen LogP contribution >= 0.6 is 27.5 Å². The summed E-state index contributed by atoms with van der Waals surface area (Å²) in [7, 11) is -3.12. The number of benzene rings is 2. The first kappa shape index (κ1) is 23.2. The first-order valence-electron chi connectivity index (χ1n) is 9.04. The van der Waals surface area contributed by atoms with Crippen molar-refractivity contribution in [1.82, 2.24) is 9.66 Å². The van der Waals surface area contributed by atoms with Crippen molar-refractivity contribution in [3.8, 4) is 0 Å². The molecule has 1 amide bonds. The normalized spacial score (nSPS) is 11.7. The molecule has 11 heteroatoms. The summed E-state index contributed by atoms with van der Waals surface area (Å²) in [4.78, 5) is 30.6. The third-order valence-electron chi connectivity index (χ3n) is 4.09. The fourth-order valence-electron chi connectivity index (χ4n) is 2.89. The van der Waals surface area contributed by atoms with Crippen molar-refractivity contribution >= 4 is 60.9 Å². The largest absolute Gasteiger partial charge is 0.442 e. The monoisotopic (exact) mass is 527 g/mol. The molecule has 31 heavy (non-hydrogen) atoms. The lowest BCUT2D eigenvalue weighted by Crippen LogP contribution is -2.46. The highest BCUT2D eigenvalue weighted by atomic mass is 79.9. The lowest BCUT2D eigenvalue weighted by Gasteiger charge is -2.28. The summed E-state index contributed by atoms with van der Waals surface area (Å²) in [5.41, 5.74) is -0.440. The van der Waals surface area contributed by atoms with Crippen LogP contribution in [0.2, 0.25) is 5.02 Å². The maximum absolute atomic E-state index is 13.4. The topological polar surface area (TPSA) is 98.6 Å². The number of ether oxygens (including phenoxy) is 1. The van der Waals surface area contributed by atoms with E-state index in [9.17, 15) is 18.0 Å². The molecule has 3 rings (SSSR count). The molecular formula is C20H19BrClN3O5S. The van der Waals surface area contributed by atoms with Crippen molar-refractivity contribution in [2.75, 3.05) is 5.01 Å². The van der Waals surface area contributed by atoms with Gasteiger partial charge in [0, 0.05) is 9.50 Å². The molecule has 0 atom stereocenters. The molecule has 0 N–H and O–H groups in total. The molecular weight excluding hydrogens is 510 g/mol. The number of amides is 1. The minimum atomic E-state index is -3.12. The molecule has 0 unspecified atom stereocenters. The van der Waals surface area contributed by atoms with Crippen LogP contribution in [0.4, 0.5) is 10.5 Å². The SMILES string of the molecule is Cc1cc(Br)c2ncn(N(C(=O)OC(C)(C)C)c3cc(Cl)ccc3[SH](=O)=O)c(=O)c2c1. The van der Waals surface area contributed by atoms with Gasteiger partial charge in [-0.05, 0) is 79.5 Å². The van der Waals surface area contributed by atoms with Crippen molar-refractivity contribution in [2.24, 2.45) is 0 Å². The highest BCUT2D eigenvalue weighted by Crippen LogP contribution is 2.29. The Morgan fingerprint density at radius 2 is 1.90 bits per heavy atom. The van der Waals surface area contributed by atoms with Gasteiger partial charge >= 0.3 is 6.09 Å². The number of aromatic nitrogens is 2. The second-order valence-corrected chi connectivity index (χ2v) is 10.0. The zero-order valence-corrected chi connectivity index (χ0v) is 20.3. The molecule has 8 nitrogen and oxygen atoms in total. The average molecular weight is 529 g/mol. The predicted octanol–water partition coefficient (Wildman–Crippen LogP) is 4.30. The van der Waals surface area contributed by atoms with E-state index >= 15 is 0 Å². The number of carbonyl (C=O) groups is 1. The molecule has 0 radical (unpaired) electrons. The van der Waals surface area contributed by atoms with Gasteiger partial charge in [0.15, 0.2) is 10.7 Å². The van der Waals surface area contributed by atoms with Crippen molar-refractivity contribution < 1.29 is 17.9 Å². The van der Waals surface area contributed by atoms with Gasteiger partial charge in [-0.1, -0.05) is 11.6 Å². The molecule has 0 saturated heterocycles. The quantitative estimate of drug-likeness (QED) is 0.509. The van der Waals surface area contributed by atoms with Crippen molar-refractivity contribution in [1.29, 1.82) is 0 Å². The van der Waals surface area contributed by atoms with Crippen molar-refractivity contribution in [3.63, 3.8) is 0 Å². The number of fused-ring (bicyclic) bond motifs is 1. The van der Waals surface area contributed by atoms with Gasteiger partial charge in [0.2, 0.25) is 0 Å². The van der Waals surface area contributed by atoms with Crippen LogP contribution in [-0.4, -0.2) is 29.8 Å². The Kier molecular flexibility index (Phi) is 6.45. The number of hydrogen-bond acceptors (Lipinski definition) is 6. The molecule has 0 aliphatic carbocycles. The van der Waals surface area contributed by atoms with Crippen LogP contribution in [0.25, 0.3) is 10.9 Å². The third-order valence-corrected chi connectivity index (χ3v) is 5.70. The average Bonchev–Trinajstić information content (AvgIpc) is 2.62. The number of nitrogens with zero attached hydrogens (tertiary/aromatic N) is 3. The molecule has 0 aliphatic heterocycles. The van der Waals surface area contributed by atoms with E-state index in [1.165, 1.54) is 18.2 Å². The van der Waals surface area contributed by atoms with E-state index in [0.29, 0.717) is 9.99 Å². The number of hydrogen-bond donors (Lipinski definition) is 1. The van der Waals surface area contributed by atoms with Crippen LogP contribution in [0.1, 0.15) is 26.3 Å². The smallest absolute Gasteiger partial charge is 0.434 e. The lowest BCUT2D eigenvalue weighted by atomic mass is 10.2. The molecule has 1 heterocycles. The van der Waals surface area contributed by atoms with E-state index < -0.39 is 28.0 Å². The van der Waals surface area contributed by atoms with Gasteiger partial charge in [-0.2, -0.15) is 9.69 Å². The molecule has 0 fully saturated rings. The zero-order valence-electron chi connectivity index (χ0n) is 17.1. The van der Waals surface area contributed by atoms with E-state index in [4.69, 9.17) is 16.3 Å². The van der Waals surface area contributed by atoms with Gasteiger partial charge in [-0.25, -0.2) is 18.2 Å². The van der Waals surface area contributed by atoms with E-state index in [-0.39, 0.29) is 21.0 Å². The number of halogens is 2. The first-order valence-corrected chi connectivity index (χ1v) is 11.4. The minimum Gasteiger partial charge on any atom is -0.442 e. The fourth-order valence-corrected chi connectivity index (χ4v) is 4.27. The van der Waals surface area contributed by atoms with E-state index in [1.54, 1.807) is 26.8 Å². The summed E-state index contributed by atoms with van der Waals surface area (Å²) >= 11 is 9.47. The van der Waals surface area contributed by atoms with E-state index in [1.807, 2.05) is 13.0 Å². The van der Waals surface area contributed by atoms with Crippen molar-refractivity contribution in [3.05, 3.63) is 62.1 Å². The number of anilines is 1. The second kappa shape index (κ2) is 8.60. The van der Waals surface area contributed by atoms with Crippen LogP contribution in [0.3, 0.4) is 0 Å². The number of rotatable bonds is 3. The maximum atomic E-state index is 13.4. The van der Waals surface area contributed by atoms with Gasteiger partial charge in [0.1, 0.15) is 11.9 Å². The predicted molar refractivity (Wildman–Crippen MR) is 123 cm³/mol. The van der Waals surface area contributed by atoms with Gasteiger partial charge in [0.05, 0.1) is 21.5 Å². The Balaban J connectivity index is 2.36. The summed E-state index contributed by atoms with van der Waals surface area (Å²) in [5.74, 6) is 0. The van der Waals surface area contributed by atoms with Gasteiger partial charge < -0.3 is 4.74 Å². The van der Waals surface area contributed by atoms with Crippen LogP contribution in [0.5, 0.6) is 0 Å². The highest BCUT2D eigenvalue weighted by molar-refractivity contribution is 9.10. The number of thiol groups is 1. The Hall–Kier alpha value is -2.43. The summed E-state index contributed by atoms with van der Waals surface area (Å²) in [5, 5.41) is 1.23. The molecule has 0 bridgehead atoms. The lowest BCUT2D eigenvalue weighted by molar-refractivity contribution is 0.0561. The molecule has 164 valence electrons. The molecule has 0 aliphatic rings. The summed E-state index contributed by atoms with van der Waals surface area (Å²) in [6.07, 6.45) is 0.167. The van der Waals surface area contributed by atoms with Crippen LogP contribution < -0.4 is 10.6 Å². The van der Waals surface area contributed by atoms with Crippen LogP contribution in [0, 0.1) is 6.92 Å². The highest BCUT2D eigenvalue weighted by Gasteiger charge is 2.29. The zero-order chi connectivity index (χ0) is 23.1. The van der Waals surface area contributed by atoms with E-state index in [0.717, 1.165) is 21.6 Å². The van der Waals surface area contributed by atoms with Crippen LogP contribution in [-0.2, 0) is 15.4 Å². The third kappa shape index (κ3) is 4.91. The summed E-state index contributed by atoms with van der Waals surface area (Å²) in [6, 6.07) is 7.34. The number of carbonyl (C=O) groups excluding carboxylic acids is 1. The Morgan fingerprint density at radius 3 is 2.52 bits per heavy atom. The summed E-state index contributed by atoms with van der Waals surface area (Å²) in [6.45, 7) is 6.76. The Bertz CT molecular complexity index is 1320. The molecule has 0 spiro atoms. The van der Waals surface area contributed by atoms with Crippen molar-refractivity contribution in [2.45, 2.75) is 38.2 Å². The fraction of sp³-hybridized carbons (Fsp3) is 0.250. The molecule has 2 aromatic carbocycles. The summed E-state index contributed by atoms with van der Waals surface area (Å²) < 4.78 is 30.7. The minimum absolute atomic E-state index is 0.132. The number of aryl methyl sites for hydroxylation is 1.